The molecule has 23 heavy (non-hydrogen) atoms. The van der Waals surface area contributed by atoms with Crippen LogP contribution in [0.25, 0.3) is 0 Å². The molecule has 1 aromatic rings. The van der Waals surface area contributed by atoms with Crippen LogP contribution < -0.4 is 11.1 Å². The number of nitrogens with two attached hydrogens (primary N) is 1. The number of amides is 2. The fourth-order valence-corrected chi connectivity index (χ4v) is 2.42. The van der Waals surface area contributed by atoms with E-state index < -0.39 is 30.4 Å². The van der Waals surface area contributed by atoms with Crippen molar-refractivity contribution in [2.24, 2.45) is 5.73 Å². The summed E-state index contributed by atoms with van der Waals surface area (Å²) in [6, 6.07) is 2.64. The number of ketones is 1. The van der Waals surface area contributed by atoms with Crippen LogP contribution in [0.15, 0.2) is 18.2 Å². The van der Waals surface area contributed by atoms with Gasteiger partial charge < -0.3 is 15.8 Å². The summed E-state index contributed by atoms with van der Waals surface area (Å²) in [6.45, 7) is -0.465. The van der Waals surface area contributed by atoms with Crippen LogP contribution in [0.5, 0.6) is 0 Å². The highest BCUT2D eigenvalue weighted by atomic mass is 35.5. The van der Waals surface area contributed by atoms with E-state index in [0.29, 0.717) is 17.2 Å². The van der Waals surface area contributed by atoms with Crippen molar-refractivity contribution >= 4 is 52.7 Å². The quantitative estimate of drug-likeness (QED) is 0.534. The van der Waals surface area contributed by atoms with Crippen LogP contribution in [0.2, 0.25) is 10.0 Å². The van der Waals surface area contributed by atoms with Gasteiger partial charge >= 0.3 is 12.0 Å². The van der Waals surface area contributed by atoms with Gasteiger partial charge in [-0.05, 0) is 36.6 Å². The second kappa shape index (κ2) is 9.64. The van der Waals surface area contributed by atoms with Crippen molar-refractivity contribution < 1.29 is 19.1 Å². The molecule has 0 saturated carbocycles. The fraction of sp³-hybridized carbons (Fsp3) is 0.357. The third-order valence-electron chi connectivity index (χ3n) is 2.80. The minimum absolute atomic E-state index is 0.233. The van der Waals surface area contributed by atoms with Crippen LogP contribution in [0.1, 0.15) is 16.8 Å². The normalized spacial score (nSPS) is 11.6. The first-order chi connectivity index (χ1) is 10.8. The van der Waals surface area contributed by atoms with Crippen LogP contribution in [-0.4, -0.2) is 42.4 Å². The standard InChI is InChI=1S/C14H16Cl2N2O4S/c1-23-5-4-11(18-14(17)21)13(20)22-7-12(19)8-2-3-9(15)10(16)6-8/h2-3,6,11H,4-5,7H2,1H3,(H3,17,18,21)/t11-/m1/s1. The highest BCUT2D eigenvalue weighted by Crippen LogP contribution is 2.22. The second-order valence-electron chi connectivity index (χ2n) is 4.50. The number of ether oxygens (including phenoxy) is 1. The van der Waals surface area contributed by atoms with Gasteiger partial charge in [0, 0.05) is 5.56 Å². The van der Waals surface area contributed by atoms with E-state index in [1.807, 2.05) is 6.26 Å². The zero-order chi connectivity index (χ0) is 17.4. The number of nitrogens with one attached hydrogen (secondary N) is 1. The van der Waals surface area contributed by atoms with Crippen LogP contribution in [0.3, 0.4) is 0 Å². The van der Waals surface area contributed by atoms with Gasteiger partial charge in [0.05, 0.1) is 10.0 Å². The number of rotatable bonds is 8. The molecule has 2 amide bonds. The van der Waals surface area contributed by atoms with Crippen molar-refractivity contribution in [1.82, 2.24) is 5.32 Å². The lowest BCUT2D eigenvalue weighted by Gasteiger charge is -2.15. The molecule has 0 saturated heterocycles. The molecule has 0 bridgehead atoms. The van der Waals surface area contributed by atoms with E-state index >= 15 is 0 Å². The fourth-order valence-electron chi connectivity index (χ4n) is 1.65. The molecular weight excluding hydrogens is 363 g/mol. The van der Waals surface area contributed by atoms with E-state index in [2.05, 4.69) is 5.32 Å². The van der Waals surface area contributed by atoms with Crippen molar-refractivity contribution in [3.8, 4) is 0 Å². The number of Topliss-reactive ketones (excluding diaryl/α,β-unsaturated/α-hetero) is 1. The topological polar surface area (TPSA) is 98.5 Å². The Balaban J connectivity index is 2.62. The van der Waals surface area contributed by atoms with Crippen LogP contribution in [0.4, 0.5) is 4.79 Å². The number of benzene rings is 1. The summed E-state index contributed by atoms with van der Waals surface area (Å²) in [5.41, 5.74) is 5.30. The highest BCUT2D eigenvalue weighted by molar-refractivity contribution is 7.98. The van der Waals surface area contributed by atoms with Gasteiger partial charge in [-0.2, -0.15) is 11.8 Å². The lowest BCUT2D eigenvalue weighted by molar-refractivity contribution is -0.144. The third kappa shape index (κ3) is 6.68. The first-order valence-electron chi connectivity index (χ1n) is 6.55. The van der Waals surface area contributed by atoms with Crippen LogP contribution in [0, 0.1) is 0 Å². The number of carbonyl (C=O) groups is 3. The summed E-state index contributed by atoms with van der Waals surface area (Å²) in [6.07, 6.45) is 2.21. The van der Waals surface area contributed by atoms with Gasteiger partial charge in [-0.1, -0.05) is 23.2 Å². The van der Waals surface area contributed by atoms with E-state index in [1.165, 1.54) is 30.0 Å². The number of halogens is 2. The summed E-state index contributed by atoms with van der Waals surface area (Å²) in [5, 5.41) is 2.85. The smallest absolute Gasteiger partial charge is 0.329 e. The lowest BCUT2D eigenvalue weighted by Crippen LogP contribution is -2.45. The zero-order valence-corrected chi connectivity index (χ0v) is 14.6. The summed E-state index contributed by atoms with van der Waals surface area (Å²) in [7, 11) is 0. The number of hydrogen-bond donors (Lipinski definition) is 2. The van der Waals surface area contributed by atoms with Crippen molar-refractivity contribution in [3.05, 3.63) is 33.8 Å². The first kappa shape index (κ1) is 19.6. The summed E-state index contributed by atoms with van der Waals surface area (Å²) < 4.78 is 4.94. The molecule has 0 heterocycles. The predicted octanol–water partition coefficient (Wildman–Crippen LogP) is 2.51. The molecule has 126 valence electrons. The van der Waals surface area contributed by atoms with Gasteiger partial charge in [-0.3, -0.25) is 4.79 Å². The predicted molar refractivity (Wildman–Crippen MR) is 91.3 cm³/mol. The second-order valence-corrected chi connectivity index (χ2v) is 6.30. The van der Waals surface area contributed by atoms with Crippen LogP contribution >= 0.6 is 35.0 Å². The molecule has 6 nitrogen and oxygen atoms in total. The Morgan fingerprint density at radius 2 is 2.00 bits per heavy atom. The Morgan fingerprint density at radius 1 is 1.30 bits per heavy atom. The number of carbonyl (C=O) groups excluding carboxylic acids is 3. The van der Waals surface area contributed by atoms with Crippen molar-refractivity contribution in [1.29, 1.82) is 0 Å². The van der Waals surface area contributed by atoms with E-state index in [1.54, 1.807) is 0 Å². The summed E-state index contributed by atoms with van der Waals surface area (Å²) in [5.74, 6) is -0.522. The van der Waals surface area contributed by atoms with Crippen molar-refractivity contribution in [3.63, 3.8) is 0 Å². The largest absolute Gasteiger partial charge is 0.456 e. The minimum Gasteiger partial charge on any atom is -0.456 e. The van der Waals surface area contributed by atoms with Crippen molar-refractivity contribution in [2.75, 3.05) is 18.6 Å². The van der Waals surface area contributed by atoms with Gasteiger partial charge in [0.1, 0.15) is 6.04 Å². The molecule has 0 aromatic heterocycles. The lowest BCUT2D eigenvalue weighted by atomic mass is 10.1. The molecule has 0 aliphatic carbocycles. The van der Waals surface area contributed by atoms with E-state index in [4.69, 9.17) is 33.7 Å². The Hall–Kier alpha value is -1.44. The maximum Gasteiger partial charge on any atom is 0.329 e. The molecular formula is C14H16Cl2N2O4S. The number of primary amides is 1. The average Bonchev–Trinajstić information content (AvgIpc) is 2.51. The molecule has 0 unspecified atom stereocenters. The van der Waals surface area contributed by atoms with Gasteiger partial charge in [0.25, 0.3) is 0 Å². The monoisotopic (exact) mass is 378 g/mol. The number of esters is 1. The number of hydrogen-bond acceptors (Lipinski definition) is 5. The van der Waals surface area contributed by atoms with Gasteiger partial charge in [0.2, 0.25) is 0 Å². The van der Waals surface area contributed by atoms with E-state index in [9.17, 15) is 14.4 Å². The molecule has 1 rings (SSSR count). The Morgan fingerprint density at radius 3 is 2.57 bits per heavy atom. The molecule has 0 fully saturated rings. The number of urea groups is 1. The average molecular weight is 379 g/mol. The molecule has 0 aliphatic heterocycles. The molecule has 3 N–H and O–H groups in total. The van der Waals surface area contributed by atoms with E-state index in [0.717, 1.165) is 0 Å². The SMILES string of the molecule is CSCC[C@@H](NC(N)=O)C(=O)OCC(=O)c1ccc(Cl)c(Cl)c1. The highest BCUT2D eigenvalue weighted by Gasteiger charge is 2.22. The maximum atomic E-state index is 12.0. The van der Waals surface area contributed by atoms with Gasteiger partial charge in [0.15, 0.2) is 12.4 Å². The molecule has 0 spiro atoms. The minimum atomic E-state index is -0.887. The molecule has 1 aromatic carbocycles. The van der Waals surface area contributed by atoms with E-state index in [-0.39, 0.29) is 10.6 Å². The zero-order valence-electron chi connectivity index (χ0n) is 12.3. The number of thioether (sulfide) groups is 1. The first-order valence-corrected chi connectivity index (χ1v) is 8.70. The molecule has 9 heteroatoms. The maximum absolute atomic E-state index is 12.0. The molecule has 0 aliphatic rings. The Labute approximate surface area is 148 Å². The van der Waals surface area contributed by atoms with Crippen molar-refractivity contribution in [2.45, 2.75) is 12.5 Å². The van der Waals surface area contributed by atoms with Gasteiger partial charge in [-0.15, -0.1) is 0 Å². The Bertz CT molecular complexity index is 598. The molecule has 0 radical (unpaired) electrons. The third-order valence-corrected chi connectivity index (χ3v) is 4.18. The van der Waals surface area contributed by atoms with Crippen LogP contribution in [-0.2, 0) is 9.53 Å². The summed E-state index contributed by atoms with van der Waals surface area (Å²) in [4.78, 5) is 34.8. The Kier molecular flexibility index (Phi) is 8.22. The molecule has 1 atom stereocenters. The summed E-state index contributed by atoms with van der Waals surface area (Å²) >= 11 is 13.1. The van der Waals surface area contributed by atoms with Gasteiger partial charge in [-0.25, -0.2) is 9.59 Å².